The minimum absolute atomic E-state index is 0.000223. The highest BCUT2D eigenvalue weighted by atomic mass is 32.2. The lowest BCUT2D eigenvalue weighted by molar-refractivity contribution is 0.0995. The number of thioether (sulfide) groups is 1. The summed E-state index contributed by atoms with van der Waals surface area (Å²) < 4.78 is 21.2. The number of hydrogen-bond acceptors (Lipinski definition) is 5. The van der Waals surface area contributed by atoms with Crippen LogP contribution in [0, 0.1) is 5.82 Å². The number of Topliss-reactive ketones (excluding diaryl/α,β-unsaturated/α-hetero) is 1. The maximum atomic E-state index is 13.8. The summed E-state index contributed by atoms with van der Waals surface area (Å²) in [6, 6.07) is 13.9. The lowest BCUT2D eigenvalue weighted by Crippen LogP contribution is -2.15. The van der Waals surface area contributed by atoms with Gasteiger partial charge in [0.2, 0.25) is 0 Å². The van der Waals surface area contributed by atoms with Crippen LogP contribution in [0.25, 0.3) is 10.9 Å². The van der Waals surface area contributed by atoms with Crippen LogP contribution in [-0.2, 0) is 13.2 Å². The Kier molecular flexibility index (Phi) is 6.18. The molecular weight excluding hydrogens is 415 g/mol. The topological polar surface area (TPSA) is 72.8 Å². The minimum Gasteiger partial charge on any atom is -0.483 e. The van der Waals surface area contributed by atoms with E-state index in [4.69, 9.17) is 4.74 Å². The molecule has 31 heavy (non-hydrogen) atoms. The number of ketones is 1. The summed E-state index contributed by atoms with van der Waals surface area (Å²) >= 11 is 1.32. The first kappa shape index (κ1) is 20.9. The number of carbonyl (C=O) groups excluding carboxylic acids is 1. The minimum atomic E-state index is -0.440. The van der Waals surface area contributed by atoms with Crippen molar-refractivity contribution in [2.75, 3.05) is 0 Å². The predicted molar refractivity (Wildman–Crippen MR) is 119 cm³/mol. The molecule has 0 saturated heterocycles. The summed E-state index contributed by atoms with van der Waals surface area (Å²) in [4.78, 5) is 16.2. The van der Waals surface area contributed by atoms with E-state index in [9.17, 15) is 9.18 Å². The first-order valence-electron chi connectivity index (χ1n) is 9.75. The second-order valence-corrected chi connectivity index (χ2v) is 8.20. The van der Waals surface area contributed by atoms with Crippen LogP contribution in [0.4, 0.5) is 4.39 Å². The average molecular weight is 437 g/mol. The molecule has 0 radical (unpaired) electrons. The smallest absolute Gasteiger partial charge is 0.192 e. The molecule has 4 aromatic rings. The molecule has 2 aromatic carbocycles. The van der Waals surface area contributed by atoms with Crippen LogP contribution in [0.1, 0.15) is 23.1 Å². The van der Waals surface area contributed by atoms with Gasteiger partial charge in [-0.1, -0.05) is 48.2 Å². The number of nitrogens with one attached hydrogen (secondary N) is 1. The van der Waals surface area contributed by atoms with E-state index in [1.54, 1.807) is 30.5 Å². The summed E-state index contributed by atoms with van der Waals surface area (Å²) in [5.41, 5.74) is 1.57. The molecule has 2 heterocycles. The highest BCUT2D eigenvalue weighted by Crippen LogP contribution is 2.28. The summed E-state index contributed by atoms with van der Waals surface area (Å²) in [6.07, 6.45) is 3.46. The fraction of sp³-hybridized carbons (Fsp3) is 0.174. The Morgan fingerprint density at radius 2 is 2.03 bits per heavy atom. The number of para-hydroxylation sites is 2. The molecule has 0 fully saturated rings. The molecule has 158 valence electrons. The van der Waals surface area contributed by atoms with Crippen LogP contribution in [0.2, 0.25) is 0 Å². The third-order valence-corrected chi connectivity index (χ3v) is 5.89. The largest absolute Gasteiger partial charge is 0.483 e. The van der Waals surface area contributed by atoms with Gasteiger partial charge >= 0.3 is 0 Å². The van der Waals surface area contributed by atoms with Gasteiger partial charge in [-0.25, -0.2) is 4.39 Å². The summed E-state index contributed by atoms with van der Waals surface area (Å²) in [6.45, 7) is 6.12. The summed E-state index contributed by atoms with van der Waals surface area (Å²) in [7, 11) is 0. The first-order valence-corrected chi connectivity index (χ1v) is 10.6. The van der Waals surface area contributed by atoms with E-state index in [0.29, 0.717) is 23.1 Å². The Hall–Kier alpha value is -3.39. The Morgan fingerprint density at radius 3 is 2.84 bits per heavy atom. The Morgan fingerprint density at radius 1 is 1.26 bits per heavy atom. The number of H-pyrrole nitrogens is 1. The van der Waals surface area contributed by atoms with Crippen molar-refractivity contribution in [1.82, 2.24) is 19.7 Å². The van der Waals surface area contributed by atoms with Crippen molar-refractivity contribution in [2.45, 2.75) is 30.5 Å². The van der Waals surface area contributed by atoms with Gasteiger partial charge in [0.25, 0.3) is 0 Å². The number of halogens is 1. The SMILES string of the molecule is C=CCn1c(COc2ccccc2F)nnc1SC(C)C(=O)c1c[nH]c2ccccc12. The lowest BCUT2D eigenvalue weighted by atomic mass is 10.1. The van der Waals surface area contributed by atoms with Crippen molar-refractivity contribution in [2.24, 2.45) is 0 Å². The van der Waals surface area contributed by atoms with Crippen molar-refractivity contribution >= 4 is 28.4 Å². The van der Waals surface area contributed by atoms with E-state index >= 15 is 0 Å². The molecule has 0 aliphatic heterocycles. The number of nitrogens with zero attached hydrogens (tertiary/aromatic N) is 3. The molecule has 4 rings (SSSR count). The fourth-order valence-corrected chi connectivity index (χ4v) is 4.18. The number of aromatic amines is 1. The average Bonchev–Trinajstić information content (AvgIpc) is 3.37. The molecule has 1 unspecified atom stereocenters. The number of ether oxygens (including phenoxy) is 1. The number of rotatable bonds is 9. The quantitative estimate of drug-likeness (QED) is 0.226. The van der Waals surface area contributed by atoms with Crippen molar-refractivity contribution in [3.05, 3.63) is 84.6 Å². The molecule has 0 saturated carbocycles. The van der Waals surface area contributed by atoms with Crippen LogP contribution < -0.4 is 4.74 Å². The maximum Gasteiger partial charge on any atom is 0.192 e. The second kappa shape index (κ2) is 9.18. The molecule has 0 amide bonds. The molecule has 0 aliphatic rings. The monoisotopic (exact) mass is 436 g/mol. The van der Waals surface area contributed by atoms with Gasteiger partial charge in [-0.05, 0) is 25.1 Å². The summed E-state index contributed by atoms with van der Waals surface area (Å²) in [5, 5.41) is 9.50. The van der Waals surface area contributed by atoms with Crippen LogP contribution in [0.5, 0.6) is 5.75 Å². The van der Waals surface area contributed by atoms with Crippen molar-refractivity contribution in [1.29, 1.82) is 0 Å². The third-order valence-electron chi connectivity index (χ3n) is 4.80. The normalized spacial score (nSPS) is 12.1. The van der Waals surface area contributed by atoms with E-state index in [1.807, 2.05) is 35.8 Å². The zero-order valence-electron chi connectivity index (χ0n) is 16.9. The van der Waals surface area contributed by atoms with Crippen LogP contribution in [0.3, 0.4) is 0 Å². The molecule has 2 aromatic heterocycles. The van der Waals surface area contributed by atoms with Gasteiger partial charge in [-0.2, -0.15) is 0 Å². The first-order chi connectivity index (χ1) is 15.1. The highest BCUT2D eigenvalue weighted by Gasteiger charge is 2.23. The van der Waals surface area contributed by atoms with Gasteiger partial charge in [0.1, 0.15) is 6.61 Å². The predicted octanol–water partition coefficient (Wildman–Crippen LogP) is 5.03. The number of allylic oxidation sites excluding steroid dienone is 1. The number of hydrogen-bond donors (Lipinski definition) is 1. The molecule has 1 N–H and O–H groups in total. The van der Waals surface area contributed by atoms with Crippen molar-refractivity contribution in [3.8, 4) is 5.75 Å². The molecule has 0 spiro atoms. The number of benzene rings is 2. The molecule has 1 atom stereocenters. The van der Waals surface area contributed by atoms with Gasteiger partial charge in [-0.15, -0.1) is 16.8 Å². The van der Waals surface area contributed by atoms with Crippen LogP contribution in [-0.4, -0.2) is 30.8 Å². The van der Waals surface area contributed by atoms with E-state index in [1.165, 1.54) is 17.8 Å². The molecule has 0 aliphatic carbocycles. The molecular formula is C23H21FN4O2S. The highest BCUT2D eigenvalue weighted by molar-refractivity contribution is 8.00. The Labute approximate surface area is 183 Å². The Balaban J connectivity index is 1.51. The van der Waals surface area contributed by atoms with Gasteiger partial charge < -0.3 is 9.72 Å². The second-order valence-electron chi connectivity index (χ2n) is 6.89. The van der Waals surface area contributed by atoms with Crippen LogP contribution in [0.15, 0.2) is 72.5 Å². The Bertz CT molecular complexity index is 1230. The van der Waals surface area contributed by atoms with E-state index in [2.05, 4.69) is 21.8 Å². The van der Waals surface area contributed by atoms with E-state index in [-0.39, 0.29) is 23.4 Å². The third kappa shape index (κ3) is 4.39. The molecule has 8 heteroatoms. The van der Waals surface area contributed by atoms with Gasteiger partial charge in [0.15, 0.2) is 28.3 Å². The number of fused-ring (bicyclic) bond motifs is 1. The van der Waals surface area contributed by atoms with Gasteiger partial charge in [0.05, 0.1) is 5.25 Å². The zero-order valence-corrected chi connectivity index (χ0v) is 17.7. The van der Waals surface area contributed by atoms with Crippen molar-refractivity contribution in [3.63, 3.8) is 0 Å². The maximum absolute atomic E-state index is 13.8. The van der Waals surface area contributed by atoms with Gasteiger partial charge in [0, 0.05) is 29.2 Å². The van der Waals surface area contributed by atoms with E-state index < -0.39 is 5.82 Å². The molecule has 6 nitrogen and oxygen atoms in total. The van der Waals surface area contributed by atoms with Crippen LogP contribution >= 0.6 is 11.8 Å². The molecule has 0 bridgehead atoms. The number of carbonyl (C=O) groups is 1. The van der Waals surface area contributed by atoms with Crippen molar-refractivity contribution < 1.29 is 13.9 Å². The fourth-order valence-electron chi connectivity index (χ4n) is 3.24. The zero-order chi connectivity index (χ0) is 21.8. The lowest BCUT2D eigenvalue weighted by Gasteiger charge is -2.12. The number of aromatic nitrogens is 4. The van der Waals surface area contributed by atoms with E-state index in [0.717, 1.165) is 10.9 Å². The standard InChI is InChI=1S/C23H21FN4O2S/c1-3-12-28-21(14-30-20-11-7-5-9-18(20)24)26-27-23(28)31-15(2)22(29)17-13-25-19-10-6-4-8-16(17)19/h3-11,13,15,25H,1,12,14H2,2H3. The summed E-state index contributed by atoms with van der Waals surface area (Å²) in [5.74, 6) is 0.231. The van der Waals surface area contributed by atoms with Gasteiger partial charge in [-0.3, -0.25) is 9.36 Å².